The van der Waals surface area contributed by atoms with Crippen LogP contribution < -0.4 is 16.4 Å². The fourth-order valence-electron chi connectivity index (χ4n) is 2.14. The lowest BCUT2D eigenvalue weighted by molar-refractivity contribution is -0.125. The molecule has 1 fully saturated rings. The lowest BCUT2D eigenvalue weighted by atomic mass is 10.2. The van der Waals surface area contributed by atoms with Gasteiger partial charge >= 0.3 is 6.03 Å². The lowest BCUT2D eigenvalue weighted by Crippen LogP contribution is -2.57. The molecule has 114 valence electrons. The Labute approximate surface area is 124 Å². The molecule has 3 amide bonds. The van der Waals surface area contributed by atoms with Gasteiger partial charge in [0.2, 0.25) is 5.91 Å². The predicted molar refractivity (Wildman–Crippen MR) is 81.5 cm³/mol. The number of hydrogen-bond donors (Lipinski definition) is 3. The minimum Gasteiger partial charge on any atom is -0.392 e. The third kappa shape index (κ3) is 4.39. The zero-order valence-electron chi connectivity index (χ0n) is 12.2. The minimum absolute atomic E-state index is 0.0714. The van der Waals surface area contributed by atoms with Gasteiger partial charge in [-0.05, 0) is 13.8 Å². The number of carbonyl (C=O) groups is 2. The summed E-state index contributed by atoms with van der Waals surface area (Å²) < 4.78 is 0. The molecule has 0 aliphatic carbocycles. The third-order valence-corrected chi connectivity index (χ3v) is 4.04. The summed E-state index contributed by atoms with van der Waals surface area (Å²) in [6, 6.07) is -0.751. The molecule has 1 heterocycles. The molecular weight excluding hydrogens is 278 g/mol. The average molecular weight is 301 g/mol. The fraction of sp³-hybridized carbons (Fsp3) is 0.750. The lowest BCUT2D eigenvalue weighted by Gasteiger charge is -2.39. The molecule has 0 radical (unpaired) electrons. The Morgan fingerprint density at radius 3 is 1.95 bits per heavy atom. The molecule has 20 heavy (non-hydrogen) atoms. The topological polar surface area (TPSA) is 90.7 Å². The van der Waals surface area contributed by atoms with Crippen molar-refractivity contribution in [3.05, 3.63) is 0 Å². The summed E-state index contributed by atoms with van der Waals surface area (Å²) in [4.78, 5) is 27.7. The number of nitrogens with zero attached hydrogens (tertiary/aromatic N) is 2. The van der Waals surface area contributed by atoms with E-state index >= 15 is 0 Å². The van der Waals surface area contributed by atoms with Crippen molar-refractivity contribution in [2.45, 2.75) is 25.9 Å². The van der Waals surface area contributed by atoms with Crippen LogP contribution in [0.25, 0.3) is 0 Å². The first-order valence-electron chi connectivity index (χ1n) is 6.66. The normalized spacial score (nSPS) is 19.9. The number of amides is 3. The molecule has 8 heteroatoms. The van der Waals surface area contributed by atoms with Gasteiger partial charge in [-0.15, -0.1) is 0 Å². The zero-order valence-corrected chi connectivity index (χ0v) is 13.0. The Balaban J connectivity index is 2.46. The van der Waals surface area contributed by atoms with E-state index in [4.69, 9.17) is 18.0 Å². The van der Waals surface area contributed by atoms with E-state index in [0.29, 0.717) is 4.99 Å². The molecule has 0 aromatic carbocycles. The number of thiocarbonyl (C=S) groups is 1. The minimum atomic E-state index is -0.484. The Hall–Kier alpha value is -1.25. The van der Waals surface area contributed by atoms with Crippen LogP contribution in [-0.4, -0.2) is 72.0 Å². The molecule has 1 aliphatic heterocycles. The van der Waals surface area contributed by atoms with E-state index in [9.17, 15) is 9.59 Å². The fourth-order valence-corrected chi connectivity index (χ4v) is 2.29. The summed E-state index contributed by atoms with van der Waals surface area (Å²) in [5, 5.41) is 4.66. The van der Waals surface area contributed by atoms with Gasteiger partial charge in [0.25, 0.3) is 0 Å². The molecule has 0 aromatic heterocycles. The second kappa shape index (κ2) is 7.51. The van der Waals surface area contributed by atoms with Gasteiger partial charge in [-0.25, -0.2) is 4.79 Å². The largest absolute Gasteiger partial charge is 0.392 e. The predicted octanol–water partition coefficient (Wildman–Crippen LogP) is -0.877. The van der Waals surface area contributed by atoms with Crippen LogP contribution in [-0.2, 0) is 4.79 Å². The van der Waals surface area contributed by atoms with E-state index in [-0.39, 0.29) is 18.0 Å². The number of rotatable bonds is 4. The number of nitrogens with two attached hydrogens (primary N) is 1. The van der Waals surface area contributed by atoms with Gasteiger partial charge in [-0.2, -0.15) is 0 Å². The monoisotopic (exact) mass is 301 g/mol. The standard InChI is InChI=1S/C12H23N5O2S/c1-8(10(13)20)16-4-6-17(7-5-16)9(2)11(18)15-12(19)14-3/h8-9H,4-7H2,1-3H3,(H2,13,20)(H2,14,15,18,19). The maximum Gasteiger partial charge on any atom is 0.321 e. The van der Waals surface area contributed by atoms with Crippen molar-refractivity contribution < 1.29 is 9.59 Å². The molecule has 7 nitrogen and oxygen atoms in total. The van der Waals surface area contributed by atoms with Crippen molar-refractivity contribution >= 4 is 29.1 Å². The highest BCUT2D eigenvalue weighted by atomic mass is 32.1. The van der Waals surface area contributed by atoms with Crippen LogP contribution in [0.4, 0.5) is 4.79 Å². The highest BCUT2D eigenvalue weighted by molar-refractivity contribution is 7.80. The van der Waals surface area contributed by atoms with E-state index < -0.39 is 6.03 Å². The number of piperazine rings is 1. The molecule has 1 rings (SSSR count). The van der Waals surface area contributed by atoms with Crippen LogP contribution in [0.5, 0.6) is 0 Å². The second-order valence-electron chi connectivity index (χ2n) is 4.89. The Kier molecular flexibility index (Phi) is 6.31. The van der Waals surface area contributed by atoms with Crippen LogP contribution in [0.2, 0.25) is 0 Å². The van der Waals surface area contributed by atoms with Crippen molar-refractivity contribution in [2.75, 3.05) is 33.2 Å². The molecule has 2 atom stereocenters. The number of imide groups is 1. The van der Waals surface area contributed by atoms with Gasteiger partial charge in [-0.1, -0.05) is 12.2 Å². The van der Waals surface area contributed by atoms with Crippen LogP contribution in [0.1, 0.15) is 13.8 Å². The molecule has 0 aromatic rings. The van der Waals surface area contributed by atoms with Gasteiger partial charge in [0.1, 0.15) is 0 Å². The molecule has 0 bridgehead atoms. The quantitative estimate of drug-likeness (QED) is 0.584. The summed E-state index contributed by atoms with van der Waals surface area (Å²) in [7, 11) is 1.48. The Morgan fingerprint density at radius 2 is 1.55 bits per heavy atom. The highest BCUT2D eigenvalue weighted by Gasteiger charge is 2.28. The van der Waals surface area contributed by atoms with Crippen LogP contribution in [0.3, 0.4) is 0 Å². The molecule has 2 unspecified atom stereocenters. The van der Waals surface area contributed by atoms with Gasteiger partial charge in [0, 0.05) is 33.2 Å². The summed E-state index contributed by atoms with van der Waals surface area (Å²) in [6.45, 7) is 6.88. The molecule has 1 aliphatic rings. The molecule has 0 saturated carbocycles. The maximum atomic E-state index is 11.9. The van der Waals surface area contributed by atoms with Gasteiger partial charge in [0.05, 0.1) is 17.1 Å². The summed E-state index contributed by atoms with van der Waals surface area (Å²) in [5.74, 6) is -0.291. The smallest absolute Gasteiger partial charge is 0.321 e. The summed E-state index contributed by atoms with van der Waals surface area (Å²) >= 11 is 5.00. The van der Waals surface area contributed by atoms with Gasteiger partial charge < -0.3 is 11.1 Å². The SMILES string of the molecule is CNC(=O)NC(=O)C(C)N1CCN(C(C)C(N)=S)CC1. The summed E-state index contributed by atoms with van der Waals surface area (Å²) in [5.41, 5.74) is 5.65. The van der Waals surface area contributed by atoms with Crippen molar-refractivity contribution in [3.63, 3.8) is 0 Å². The van der Waals surface area contributed by atoms with E-state index in [1.807, 2.05) is 11.8 Å². The Bertz CT molecular complexity index is 382. The van der Waals surface area contributed by atoms with Crippen molar-refractivity contribution in [2.24, 2.45) is 5.73 Å². The first kappa shape index (κ1) is 16.8. The first-order valence-corrected chi connectivity index (χ1v) is 7.07. The van der Waals surface area contributed by atoms with Crippen molar-refractivity contribution in [1.82, 2.24) is 20.4 Å². The number of hydrogen-bond acceptors (Lipinski definition) is 5. The van der Waals surface area contributed by atoms with Gasteiger partial charge in [0.15, 0.2) is 0 Å². The summed E-state index contributed by atoms with van der Waals surface area (Å²) in [6.07, 6.45) is 0. The van der Waals surface area contributed by atoms with Crippen LogP contribution in [0.15, 0.2) is 0 Å². The van der Waals surface area contributed by atoms with Gasteiger partial charge in [-0.3, -0.25) is 19.9 Å². The number of nitrogens with one attached hydrogen (secondary N) is 2. The number of carbonyl (C=O) groups excluding carboxylic acids is 2. The average Bonchev–Trinajstić information content (AvgIpc) is 2.45. The van der Waals surface area contributed by atoms with E-state index in [1.165, 1.54) is 7.05 Å². The first-order chi connectivity index (χ1) is 9.36. The molecule has 4 N–H and O–H groups in total. The molecule has 0 spiro atoms. The third-order valence-electron chi connectivity index (χ3n) is 3.70. The Morgan fingerprint density at radius 1 is 1.10 bits per heavy atom. The van der Waals surface area contributed by atoms with E-state index in [0.717, 1.165) is 26.2 Å². The molecular formula is C12H23N5O2S. The maximum absolute atomic E-state index is 11.9. The molecule has 1 saturated heterocycles. The van der Waals surface area contributed by atoms with Crippen molar-refractivity contribution in [1.29, 1.82) is 0 Å². The highest BCUT2D eigenvalue weighted by Crippen LogP contribution is 2.09. The zero-order chi connectivity index (χ0) is 15.3. The second-order valence-corrected chi connectivity index (χ2v) is 5.37. The van der Waals surface area contributed by atoms with Crippen molar-refractivity contribution in [3.8, 4) is 0 Å². The van der Waals surface area contributed by atoms with E-state index in [2.05, 4.69) is 15.5 Å². The van der Waals surface area contributed by atoms with Crippen LogP contribution in [0, 0.1) is 0 Å². The van der Waals surface area contributed by atoms with Crippen LogP contribution >= 0.6 is 12.2 Å². The van der Waals surface area contributed by atoms with E-state index in [1.54, 1.807) is 6.92 Å². The number of urea groups is 1.